The van der Waals surface area contributed by atoms with Gasteiger partial charge in [0.05, 0.1) is 13.7 Å². The number of rotatable bonds is 4. The molecular weight excluding hydrogens is 314 g/mol. The first-order valence-electron chi connectivity index (χ1n) is 8.44. The summed E-state index contributed by atoms with van der Waals surface area (Å²) in [5.74, 6) is 1.08. The smallest absolute Gasteiger partial charge is 0.167 e. The van der Waals surface area contributed by atoms with E-state index in [1.54, 1.807) is 13.2 Å². The van der Waals surface area contributed by atoms with Crippen LogP contribution in [0.1, 0.15) is 23.5 Å². The minimum atomic E-state index is -1.22. The Morgan fingerprint density at radius 3 is 2.56 bits per heavy atom. The van der Waals surface area contributed by atoms with Gasteiger partial charge in [-0.2, -0.15) is 0 Å². The van der Waals surface area contributed by atoms with Crippen LogP contribution in [0.25, 0.3) is 0 Å². The molecule has 0 saturated heterocycles. The van der Waals surface area contributed by atoms with Crippen LogP contribution in [-0.2, 0) is 5.60 Å². The molecule has 0 fully saturated rings. The largest absolute Gasteiger partial charge is 0.493 e. The quantitative estimate of drug-likeness (QED) is 0.863. The molecule has 4 nitrogen and oxygen atoms in total. The van der Waals surface area contributed by atoms with Crippen LogP contribution in [0.15, 0.2) is 55.1 Å². The van der Waals surface area contributed by atoms with Crippen molar-refractivity contribution in [3.8, 4) is 11.5 Å². The summed E-state index contributed by atoms with van der Waals surface area (Å²) in [7, 11) is 5.63. The van der Waals surface area contributed by atoms with Gasteiger partial charge in [0.15, 0.2) is 11.5 Å². The van der Waals surface area contributed by atoms with Gasteiger partial charge in [-0.15, -0.1) is 0 Å². The molecule has 1 aliphatic rings. The second-order valence-electron chi connectivity index (χ2n) is 6.54. The fourth-order valence-electron chi connectivity index (χ4n) is 3.51. The van der Waals surface area contributed by atoms with Gasteiger partial charge in [0.1, 0.15) is 5.60 Å². The summed E-state index contributed by atoms with van der Waals surface area (Å²) < 4.78 is 11.4. The lowest BCUT2D eigenvalue weighted by Crippen LogP contribution is -2.31. The Bertz CT molecular complexity index is 754. The van der Waals surface area contributed by atoms with Crippen LogP contribution in [0.5, 0.6) is 11.5 Å². The molecule has 1 N–H and O–H groups in total. The van der Waals surface area contributed by atoms with Crippen molar-refractivity contribution in [3.63, 3.8) is 0 Å². The monoisotopic (exact) mass is 339 g/mol. The lowest BCUT2D eigenvalue weighted by molar-refractivity contribution is 0.0574. The van der Waals surface area contributed by atoms with Crippen LogP contribution in [0, 0.1) is 0 Å². The van der Waals surface area contributed by atoms with E-state index in [0.29, 0.717) is 30.1 Å². The van der Waals surface area contributed by atoms with E-state index in [1.807, 2.05) is 32.3 Å². The summed E-state index contributed by atoms with van der Waals surface area (Å²) >= 11 is 0. The van der Waals surface area contributed by atoms with E-state index in [-0.39, 0.29) is 5.92 Å². The number of fused-ring (bicyclic) bond motifs is 1. The Morgan fingerprint density at radius 1 is 1.24 bits per heavy atom. The van der Waals surface area contributed by atoms with Crippen molar-refractivity contribution in [3.05, 3.63) is 66.2 Å². The van der Waals surface area contributed by atoms with Gasteiger partial charge in [0, 0.05) is 31.3 Å². The molecule has 0 aromatic heterocycles. The van der Waals surface area contributed by atoms with Gasteiger partial charge in [-0.25, -0.2) is 0 Å². The van der Waals surface area contributed by atoms with Crippen molar-refractivity contribution in [1.82, 2.24) is 0 Å². The van der Waals surface area contributed by atoms with Gasteiger partial charge in [0.2, 0.25) is 0 Å². The number of nitrogens with zero attached hydrogens (tertiary/aromatic N) is 1. The molecule has 1 heterocycles. The minimum Gasteiger partial charge on any atom is -0.493 e. The molecule has 0 saturated carbocycles. The normalized spacial score (nSPS) is 22.3. The van der Waals surface area contributed by atoms with E-state index in [4.69, 9.17) is 9.47 Å². The topological polar surface area (TPSA) is 41.9 Å². The van der Waals surface area contributed by atoms with Crippen molar-refractivity contribution in [2.45, 2.75) is 17.9 Å². The maximum absolute atomic E-state index is 11.6. The van der Waals surface area contributed by atoms with Crippen LogP contribution >= 0.6 is 0 Å². The molecule has 1 aliphatic heterocycles. The third kappa shape index (κ3) is 2.98. The molecule has 0 aliphatic carbocycles. The molecular formula is C21H25NO3. The second-order valence-corrected chi connectivity index (χ2v) is 6.54. The molecule has 0 bridgehead atoms. The summed E-state index contributed by atoms with van der Waals surface area (Å²) in [6.07, 6.45) is 2.30. The van der Waals surface area contributed by atoms with Crippen LogP contribution in [0.3, 0.4) is 0 Å². The number of hydrogen-bond acceptors (Lipinski definition) is 4. The molecule has 0 unspecified atom stereocenters. The van der Waals surface area contributed by atoms with Gasteiger partial charge in [0.25, 0.3) is 0 Å². The molecule has 2 aromatic carbocycles. The Labute approximate surface area is 149 Å². The molecule has 25 heavy (non-hydrogen) atoms. The maximum atomic E-state index is 11.6. The predicted octanol–water partition coefficient (Wildman–Crippen LogP) is 3.70. The van der Waals surface area contributed by atoms with E-state index < -0.39 is 5.60 Å². The zero-order chi connectivity index (χ0) is 18.0. The maximum Gasteiger partial charge on any atom is 0.167 e. The van der Waals surface area contributed by atoms with Gasteiger partial charge in [-0.3, -0.25) is 0 Å². The average molecular weight is 339 g/mol. The second kappa shape index (κ2) is 6.81. The number of anilines is 1. The molecule has 0 spiro atoms. The van der Waals surface area contributed by atoms with Gasteiger partial charge >= 0.3 is 0 Å². The minimum absolute atomic E-state index is 0.144. The highest BCUT2D eigenvalue weighted by molar-refractivity contribution is 5.54. The molecule has 3 rings (SSSR count). The van der Waals surface area contributed by atoms with E-state index >= 15 is 0 Å². The third-order valence-corrected chi connectivity index (χ3v) is 4.94. The fraction of sp³-hybridized carbons (Fsp3) is 0.333. The number of aliphatic hydroxyl groups is 1. The molecule has 2 atom stereocenters. The molecule has 0 radical (unpaired) electrons. The first kappa shape index (κ1) is 17.4. The van der Waals surface area contributed by atoms with Crippen LogP contribution in [0.2, 0.25) is 0 Å². The number of ether oxygens (including phenoxy) is 2. The summed E-state index contributed by atoms with van der Waals surface area (Å²) in [5, 5.41) is 11.6. The predicted molar refractivity (Wildman–Crippen MR) is 101 cm³/mol. The average Bonchev–Trinajstić information content (AvgIpc) is 2.79. The van der Waals surface area contributed by atoms with Crippen molar-refractivity contribution in [2.24, 2.45) is 0 Å². The Hall–Kier alpha value is -2.46. The Kier molecular flexibility index (Phi) is 4.73. The zero-order valence-electron chi connectivity index (χ0n) is 15.0. The Morgan fingerprint density at radius 2 is 1.96 bits per heavy atom. The first-order valence-corrected chi connectivity index (χ1v) is 8.44. The summed E-state index contributed by atoms with van der Waals surface area (Å²) in [5.41, 5.74) is 1.66. The van der Waals surface area contributed by atoms with E-state index in [9.17, 15) is 5.11 Å². The number of para-hydroxylation sites is 1. The van der Waals surface area contributed by atoms with Gasteiger partial charge in [-0.05, 0) is 30.2 Å². The van der Waals surface area contributed by atoms with Crippen molar-refractivity contribution in [2.75, 3.05) is 32.7 Å². The standard InChI is InChI=1S/C21H25NO3/c1-5-21(23)17(15-9-11-16(12-10-15)22(2)3)13-14-25-20-18(21)7-6-8-19(20)24-4/h5-12,17,23H,1,13-14H2,2-4H3/t17-,21+/m0/s1. The number of methoxy groups -OCH3 is 1. The highest BCUT2D eigenvalue weighted by Gasteiger charge is 2.41. The van der Waals surface area contributed by atoms with Crippen molar-refractivity contribution < 1.29 is 14.6 Å². The van der Waals surface area contributed by atoms with Crippen LogP contribution < -0.4 is 14.4 Å². The van der Waals surface area contributed by atoms with Crippen molar-refractivity contribution in [1.29, 1.82) is 0 Å². The zero-order valence-corrected chi connectivity index (χ0v) is 15.0. The SMILES string of the molecule is C=C[C@]1(O)c2cccc(OC)c2OCC[C@H]1c1ccc(N(C)C)cc1. The van der Waals surface area contributed by atoms with Gasteiger partial charge < -0.3 is 19.5 Å². The lowest BCUT2D eigenvalue weighted by atomic mass is 9.76. The summed E-state index contributed by atoms with van der Waals surface area (Å²) in [4.78, 5) is 2.06. The van der Waals surface area contributed by atoms with Gasteiger partial charge in [-0.1, -0.05) is 36.9 Å². The highest BCUT2D eigenvalue weighted by Crippen LogP contribution is 2.48. The fourth-order valence-corrected chi connectivity index (χ4v) is 3.51. The van der Waals surface area contributed by atoms with Crippen LogP contribution in [0.4, 0.5) is 5.69 Å². The first-order chi connectivity index (χ1) is 12.0. The van der Waals surface area contributed by atoms with Crippen molar-refractivity contribution >= 4 is 5.69 Å². The number of benzene rings is 2. The van der Waals surface area contributed by atoms with E-state index in [1.165, 1.54) is 0 Å². The molecule has 4 heteroatoms. The Balaban J connectivity index is 2.09. The number of hydrogen-bond donors (Lipinski definition) is 1. The molecule has 132 valence electrons. The molecule has 0 amide bonds. The van der Waals surface area contributed by atoms with Crippen LogP contribution in [-0.4, -0.2) is 32.9 Å². The summed E-state index contributed by atoms with van der Waals surface area (Å²) in [6, 6.07) is 13.9. The third-order valence-electron chi connectivity index (χ3n) is 4.94. The highest BCUT2D eigenvalue weighted by atomic mass is 16.5. The van der Waals surface area contributed by atoms with E-state index in [0.717, 1.165) is 11.3 Å². The lowest BCUT2D eigenvalue weighted by Gasteiger charge is -2.33. The van der Waals surface area contributed by atoms with E-state index in [2.05, 4.69) is 35.7 Å². The summed E-state index contributed by atoms with van der Waals surface area (Å²) in [6.45, 7) is 4.42. The molecule has 2 aromatic rings.